The average Bonchev–Trinajstić information content (AvgIpc) is 3.21. The van der Waals surface area contributed by atoms with Gasteiger partial charge in [-0.05, 0) is 44.0 Å². The fourth-order valence-corrected chi connectivity index (χ4v) is 4.39. The van der Waals surface area contributed by atoms with Gasteiger partial charge in [-0.15, -0.1) is 0 Å². The Morgan fingerprint density at radius 1 is 1.18 bits per heavy atom. The van der Waals surface area contributed by atoms with Gasteiger partial charge in [-0.2, -0.15) is 13.2 Å². The Hall–Kier alpha value is -3.30. The fourth-order valence-electron chi connectivity index (χ4n) is 4.39. The molecule has 0 radical (unpaired) electrons. The third kappa shape index (κ3) is 5.26. The summed E-state index contributed by atoms with van der Waals surface area (Å²) in [6.07, 6.45) is -2.14. The van der Waals surface area contributed by atoms with Gasteiger partial charge in [0, 0.05) is 38.3 Å². The van der Waals surface area contributed by atoms with Gasteiger partial charge >= 0.3 is 6.18 Å². The van der Waals surface area contributed by atoms with E-state index in [1.807, 2.05) is 30.0 Å². The zero-order valence-corrected chi connectivity index (χ0v) is 18.8. The second-order valence-electron chi connectivity index (χ2n) is 8.48. The van der Waals surface area contributed by atoms with Crippen molar-refractivity contribution in [1.29, 1.82) is 0 Å². The molecule has 4 rings (SSSR count). The summed E-state index contributed by atoms with van der Waals surface area (Å²) >= 11 is 0. The molecule has 1 N–H and O–H groups in total. The van der Waals surface area contributed by atoms with Crippen molar-refractivity contribution in [3.05, 3.63) is 48.2 Å². The summed E-state index contributed by atoms with van der Waals surface area (Å²) in [4.78, 5) is 33.0. The SMILES string of the molecule is CCOc1ccccc1N1CC(C(=O)NC2CCN(c3ccc(C(F)(F)F)cn3)CC2)CC1=O. The van der Waals surface area contributed by atoms with Crippen LogP contribution in [-0.2, 0) is 15.8 Å². The number of piperidine rings is 1. The van der Waals surface area contributed by atoms with Crippen LogP contribution in [0.3, 0.4) is 0 Å². The highest BCUT2D eigenvalue weighted by atomic mass is 19.4. The summed E-state index contributed by atoms with van der Waals surface area (Å²) < 4.78 is 43.8. The van der Waals surface area contributed by atoms with Crippen molar-refractivity contribution in [2.24, 2.45) is 5.92 Å². The van der Waals surface area contributed by atoms with E-state index in [1.54, 1.807) is 11.0 Å². The Morgan fingerprint density at radius 2 is 1.91 bits per heavy atom. The highest BCUT2D eigenvalue weighted by Gasteiger charge is 2.37. The molecule has 3 heterocycles. The summed E-state index contributed by atoms with van der Waals surface area (Å²) in [6.45, 7) is 3.78. The monoisotopic (exact) mass is 476 g/mol. The Kier molecular flexibility index (Phi) is 6.95. The lowest BCUT2D eigenvalue weighted by Gasteiger charge is -2.33. The minimum absolute atomic E-state index is 0.0574. The van der Waals surface area contributed by atoms with E-state index < -0.39 is 17.7 Å². The molecule has 2 amide bonds. The number of ether oxygens (including phenoxy) is 1. The lowest BCUT2D eigenvalue weighted by atomic mass is 10.0. The number of pyridine rings is 1. The zero-order chi connectivity index (χ0) is 24.3. The van der Waals surface area contributed by atoms with Crippen LogP contribution in [0.1, 0.15) is 31.7 Å². The minimum Gasteiger partial charge on any atom is -0.492 e. The number of hydrogen-bond donors (Lipinski definition) is 1. The van der Waals surface area contributed by atoms with Crippen molar-refractivity contribution >= 4 is 23.3 Å². The number of halogens is 3. The van der Waals surface area contributed by atoms with Crippen LogP contribution in [0.5, 0.6) is 5.75 Å². The second kappa shape index (κ2) is 9.90. The van der Waals surface area contributed by atoms with E-state index in [-0.39, 0.29) is 24.3 Å². The van der Waals surface area contributed by atoms with Crippen LogP contribution in [0, 0.1) is 5.92 Å². The number of nitrogens with one attached hydrogen (secondary N) is 1. The van der Waals surface area contributed by atoms with Gasteiger partial charge < -0.3 is 19.9 Å². The average molecular weight is 476 g/mol. The molecule has 10 heteroatoms. The number of carbonyl (C=O) groups is 2. The number of para-hydroxylation sites is 2. The molecule has 182 valence electrons. The Bertz CT molecular complexity index is 1020. The van der Waals surface area contributed by atoms with Gasteiger partial charge in [-0.25, -0.2) is 4.98 Å². The van der Waals surface area contributed by atoms with Crippen molar-refractivity contribution in [2.75, 3.05) is 36.0 Å². The van der Waals surface area contributed by atoms with Crippen molar-refractivity contribution in [2.45, 2.75) is 38.4 Å². The number of benzene rings is 1. The Balaban J connectivity index is 1.30. The lowest BCUT2D eigenvalue weighted by molar-refractivity contribution is -0.137. The van der Waals surface area contributed by atoms with Crippen LogP contribution in [0.4, 0.5) is 24.7 Å². The van der Waals surface area contributed by atoms with E-state index in [9.17, 15) is 22.8 Å². The van der Waals surface area contributed by atoms with E-state index >= 15 is 0 Å². The first-order chi connectivity index (χ1) is 16.3. The number of rotatable bonds is 6. The first kappa shape index (κ1) is 23.8. The fraction of sp³-hybridized carbons (Fsp3) is 0.458. The summed E-state index contributed by atoms with van der Waals surface area (Å²) in [5.41, 5.74) is -0.107. The molecular formula is C24H27F3N4O3. The highest BCUT2D eigenvalue weighted by Crippen LogP contribution is 2.33. The normalized spacial score (nSPS) is 19.4. The maximum Gasteiger partial charge on any atom is 0.417 e. The first-order valence-electron chi connectivity index (χ1n) is 11.4. The van der Waals surface area contributed by atoms with Gasteiger partial charge in [0.2, 0.25) is 11.8 Å². The molecule has 34 heavy (non-hydrogen) atoms. The van der Waals surface area contributed by atoms with E-state index in [1.165, 1.54) is 6.07 Å². The van der Waals surface area contributed by atoms with Crippen LogP contribution >= 0.6 is 0 Å². The minimum atomic E-state index is -4.41. The molecular weight excluding hydrogens is 449 g/mol. The molecule has 2 saturated heterocycles. The molecule has 2 fully saturated rings. The number of aromatic nitrogens is 1. The summed E-state index contributed by atoms with van der Waals surface area (Å²) in [5.74, 6) is 0.384. The molecule has 1 atom stereocenters. The predicted octanol–water partition coefficient (Wildman–Crippen LogP) is 3.64. The summed E-state index contributed by atoms with van der Waals surface area (Å²) in [7, 11) is 0. The van der Waals surface area contributed by atoms with E-state index in [4.69, 9.17) is 4.74 Å². The number of hydrogen-bond acceptors (Lipinski definition) is 5. The van der Waals surface area contributed by atoms with Gasteiger partial charge in [0.1, 0.15) is 11.6 Å². The van der Waals surface area contributed by atoms with Gasteiger partial charge in [0.05, 0.1) is 23.8 Å². The van der Waals surface area contributed by atoms with Crippen LogP contribution < -0.4 is 19.9 Å². The van der Waals surface area contributed by atoms with E-state index in [0.29, 0.717) is 56.3 Å². The molecule has 0 spiro atoms. The number of nitrogens with zero attached hydrogens (tertiary/aromatic N) is 3. The summed E-state index contributed by atoms with van der Waals surface area (Å²) in [6, 6.07) is 9.64. The molecule has 0 aliphatic carbocycles. The van der Waals surface area contributed by atoms with Crippen molar-refractivity contribution in [3.63, 3.8) is 0 Å². The quantitative estimate of drug-likeness (QED) is 0.689. The van der Waals surface area contributed by atoms with Gasteiger partial charge in [-0.3, -0.25) is 9.59 Å². The smallest absolute Gasteiger partial charge is 0.417 e. The number of anilines is 2. The Morgan fingerprint density at radius 3 is 2.56 bits per heavy atom. The van der Waals surface area contributed by atoms with Crippen LogP contribution in [0.15, 0.2) is 42.6 Å². The largest absolute Gasteiger partial charge is 0.492 e. The number of carbonyl (C=O) groups excluding carboxylic acids is 2. The van der Waals surface area contributed by atoms with E-state index in [2.05, 4.69) is 10.3 Å². The maximum atomic E-state index is 12.9. The number of alkyl halides is 3. The molecule has 1 aromatic heterocycles. The Labute approximate surface area is 195 Å². The zero-order valence-electron chi connectivity index (χ0n) is 18.8. The number of amides is 2. The lowest BCUT2D eigenvalue weighted by Crippen LogP contribution is -2.47. The van der Waals surface area contributed by atoms with Crippen LogP contribution in [0.2, 0.25) is 0 Å². The second-order valence-corrected chi connectivity index (χ2v) is 8.48. The van der Waals surface area contributed by atoms with Crippen molar-refractivity contribution in [1.82, 2.24) is 10.3 Å². The third-order valence-corrected chi connectivity index (χ3v) is 6.19. The predicted molar refractivity (Wildman–Crippen MR) is 121 cm³/mol. The summed E-state index contributed by atoms with van der Waals surface area (Å²) in [5, 5.41) is 3.05. The molecule has 0 saturated carbocycles. The topological polar surface area (TPSA) is 74.8 Å². The molecule has 2 aliphatic heterocycles. The highest BCUT2D eigenvalue weighted by molar-refractivity contribution is 6.01. The van der Waals surface area contributed by atoms with Crippen LogP contribution in [-0.4, -0.2) is 49.1 Å². The molecule has 1 unspecified atom stereocenters. The van der Waals surface area contributed by atoms with Gasteiger partial charge in [0.15, 0.2) is 0 Å². The molecule has 7 nitrogen and oxygen atoms in total. The standard InChI is InChI=1S/C24H27F3N4O3/c1-2-34-20-6-4-3-5-19(20)31-15-16(13-22(31)32)23(33)29-18-9-11-30(12-10-18)21-8-7-17(14-28-21)24(25,26)27/h3-8,14,16,18H,2,9-13,15H2,1H3,(H,29,33). The molecule has 1 aromatic carbocycles. The van der Waals surface area contributed by atoms with Gasteiger partial charge in [-0.1, -0.05) is 12.1 Å². The first-order valence-corrected chi connectivity index (χ1v) is 11.4. The molecule has 2 aliphatic rings. The van der Waals surface area contributed by atoms with Crippen molar-refractivity contribution < 1.29 is 27.5 Å². The van der Waals surface area contributed by atoms with E-state index in [0.717, 1.165) is 12.3 Å². The molecule has 2 aromatic rings. The maximum absolute atomic E-state index is 12.9. The van der Waals surface area contributed by atoms with Crippen LogP contribution in [0.25, 0.3) is 0 Å². The van der Waals surface area contributed by atoms with Gasteiger partial charge in [0.25, 0.3) is 0 Å². The third-order valence-electron chi connectivity index (χ3n) is 6.19. The molecule has 0 bridgehead atoms. The van der Waals surface area contributed by atoms with Crippen molar-refractivity contribution in [3.8, 4) is 5.75 Å².